The van der Waals surface area contributed by atoms with Crippen molar-refractivity contribution >= 4 is 53.1 Å². The van der Waals surface area contributed by atoms with Crippen molar-refractivity contribution in [3.63, 3.8) is 0 Å². The maximum Gasteiger partial charge on any atom is 0.524 e. The molecule has 0 aliphatic heterocycles. The van der Waals surface area contributed by atoms with Gasteiger partial charge in [-0.05, 0) is 42.7 Å². The number of ether oxygens (including phenoxy) is 1. The summed E-state index contributed by atoms with van der Waals surface area (Å²) in [5.41, 5.74) is 9.64. The Morgan fingerprint density at radius 2 is 1.95 bits per heavy atom. The van der Waals surface area contributed by atoms with Crippen molar-refractivity contribution in [2.24, 2.45) is 0 Å². The van der Waals surface area contributed by atoms with E-state index in [0.717, 1.165) is 35.1 Å². The van der Waals surface area contributed by atoms with Gasteiger partial charge < -0.3 is 30.0 Å². The van der Waals surface area contributed by atoms with Gasteiger partial charge in [-0.3, -0.25) is 14.6 Å². The van der Waals surface area contributed by atoms with E-state index in [-0.39, 0.29) is 35.6 Å². The summed E-state index contributed by atoms with van der Waals surface area (Å²) < 4.78 is 24.1. The molecule has 12 nitrogen and oxygen atoms in total. The predicted octanol–water partition coefficient (Wildman–Crippen LogP) is 3.65. The number of nitrogens with one attached hydrogen (secondary N) is 1. The Morgan fingerprint density at radius 3 is 2.68 bits per heavy atom. The van der Waals surface area contributed by atoms with Gasteiger partial charge in [0.2, 0.25) is 5.91 Å². The summed E-state index contributed by atoms with van der Waals surface area (Å²) in [6.45, 7) is 3.38. The van der Waals surface area contributed by atoms with Gasteiger partial charge in [-0.25, -0.2) is 14.5 Å². The molecule has 4 rings (SSSR count). The Balaban J connectivity index is 1.69. The van der Waals surface area contributed by atoms with E-state index in [4.69, 9.17) is 31.6 Å². The first kappa shape index (κ1) is 30.5. The molecule has 0 unspecified atom stereocenters. The van der Waals surface area contributed by atoms with Crippen LogP contribution in [-0.2, 0) is 33.5 Å². The molecule has 4 aromatic rings. The fourth-order valence-corrected chi connectivity index (χ4v) is 5.06. The molecule has 220 valence electrons. The molecular weight excluding hydrogens is 573 g/mol. The number of carbonyl (C=O) groups excluding carboxylic acids is 1. The average Bonchev–Trinajstić information content (AvgIpc) is 3.28. The average molecular weight is 606 g/mol. The number of nitrogen functional groups attached to an aromatic ring is 1. The number of benzene rings is 2. The Morgan fingerprint density at radius 1 is 1.15 bits per heavy atom. The molecule has 14 heteroatoms. The molecular formula is C27H33ClN5O7P. The predicted molar refractivity (Wildman–Crippen MR) is 156 cm³/mol. The summed E-state index contributed by atoms with van der Waals surface area (Å²) in [4.78, 5) is 39.5. The summed E-state index contributed by atoms with van der Waals surface area (Å²) in [5, 5.41) is 13.6. The van der Waals surface area contributed by atoms with E-state index in [9.17, 15) is 24.3 Å². The van der Waals surface area contributed by atoms with Gasteiger partial charge in [-0.1, -0.05) is 25.5 Å². The molecule has 2 aromatic carbocycles. The number of carbonyl (C=O) groups is 1. The largest absolute Gasteiger partial charge is 0.524 e. The smallest absolute Gasteiger partial charge is 0.508 e. The lowest BCUT2D eigenvalue weighted by molar-refractivity contribution is -0.118. The highest BCUT2D eigenvalue weighted by atomic mass is 35.5. The van der Waals surface area contributed by atoms with Crippen LogP contribution in [0, 0.1) is 0 Å². The number of anilines is 1. The second kappa shape index (κ2) is 13.5. The van der Waals surface area contributed by atoms with Crippen LogP contribution in [0.2, 0.25) is 0 Å². The van der Waals surface area contributed by atoms with E-state index < -0.39 is 7.82 Å². The lowest BCUT2D eigenvalue weighted by atomic mass is 10.1. The number of rotatable bonds is 14. The second-order valence-electron chi connectivity index (χ2n) is 9.48. The van der Waals surface area contributed by atoms with Crippen molar-refractivity contribution in [3.05, 3.63) is 53.3 Å². The molecule has 0 bridgehead atoms. The van der Waals surface area contributed by atoms with Gasteiger partial charge in [0, 0.05) is 23.9 Å². The third-order valence-corrected chi connectivity index (χ3v) is 7.09. The number of phenolic OH excluding ortho intramolecular Hbond substituents is 1. The zero-order valence-electron chi connectivity index (χ0n) is 22.5. The first-order valence-corrected chi connectivity index (χ1v) is 15.2. The number of nitrogens with zero attached hydrogens (tertiary/aromatic N) is 3. The summed E-state index contributed by atoms with van der Waals surface area (Å²) >= 11 is 5.46. The molecule has 0 radical (unpaired) electrons. The van der Waals surface area contributed by atoms with Crippen molar-refractivity contribution in [1.29, 1.82) is 0 Å². The standard InChI is InChI=1S/C27H33ClN5O7P/c1-2-3-4-23-32-25-26(33(23)16-18-14-19(34)6-8-22(18)40-41(36,37)38)20-7-5-17(13-21(20)31-27(25)29)9-11-39-12-10-30-24(35)15-28/h5-8,13-14,34H,2-4,9-12,15-16H2,1H3,(H2,29,31)(H,30,35)(H2,36,37,38). The summed E-state index contributed by atoms with van der Waals surface area (Å²) in [5.74, 6) is 0.538. The van der Waals surface area contributed by atoms with E-state index in [0.29, 0.717) is 49.2 Å². The molecule has 6 N–H and O–H groups in total. The van der Waals surface area contributed by atoms with Crippen LogP contribution >= 0.6 is 19.4 Å². The van der Waals surface area contributed by atoms with Gasteiger partial charge in [-0.2, -0.15) is 0 Å². The molecule has 41 heavy (non-hydrogen) atoms. The molecule has 0 aliphatic rings. The molecule has 0 aliphatic carbocycles. The van der Waals surface area contributed by atoms with Crippen LogP contribution < -0.4 is 15.6 Å². The van der Waals surface area contributed by atoms with E-state index in [2.05, 4.69) is 17.2 Å². The number of fused-ring (bicyclic) bond motifs is 3. The van der Waals surface area contributed by atoms with Crippen molar-refractivity contribution < 1.29 is 33.5 Å². The topological polar surface area (TPSA) is 182 Å². The fraction of sp³-hybridized carbons (Fsp3) is 0.370. The quantitative estimate of drug-likeness (QED) is 0.0808. The van der Waals surface area contributed by atoms with E-state index >= 15 is 0 Å². The van der Waals surface area contributed by atoms with Gasteiger partial charge in [0.15, 0.2) is 5.82 Å². The number of imidazole rings is 1. The highest BCUT2D eigenvalue weighted by molar-refractivity contribution is 7.46. The summed E-state index contributed by atoms with van der Waals surface area (Å²) in [6.07, 6.45) is 3.05. The number of aromatic nitrogens is 3. The number of phosphoric acid groups is 1. The molecule has 0 atom stereocenters. The Bertz CT molecular complexity index is 1590. The third kappa shape index (κ3) is 7.87. The minimum absolute atomic E-state index is 0.0460. The zero-order chi connectivity index (χ0) is 29.6. The lowest BCUT2D eigenvalue weighted by Gasteiger charge is -2.16. The van der Waals surface area contributed by atoms with Crippen molar-refractivity contribution in [2.45, 2.75) is 39.2 Å². The fourth-order valence-electron chi connectivity index (χ4n) is 4.53. The first-order chi connectivity index (χ1) is 19.6. The Labute approximate surface area is 241 Å². The van der Waals surface area contributed by atoms with Crippen LogP contribution in [0.1, 0.15) is 36.7 Å². The Hall–Kier alpha value is -3.41. The number of aromatic hydroxyl groups is 1. The number of alkyl halides is 1. The van der Waals surface area contributed by atoms with Crippen LogP contribution in [0.25, 0.3) is 21.9 Å². The van der Waals surface area contributed by atoms with Gasteiger partial charge in [-0.15, -0.1) is 11.6 Å². The van der Waals surface area contributed by atoms with Gasteiger partial charge in [0.05, 0.1) is 30.8 Å². The van der Waals surface area contributed by atoms with Crippen LogP contribution in [0.3, 0.4) is 0 Å². The molecule has 0 saturated heterocycles. The van der Waals surface area contributed by atoms with Crippen molar-refractivity contribution in [1.82, 2.24) is 19.9 Å². The van der Waals surface area contributed by atoms with Crippen LogP contribution in [-0.4, -0.2) is 61.0 Å². The van der Waals surface area contributed by atoms with E-state index in [1.807, 2.05) is 22.8 Å². The van der Waals surface area contributed by atoms with E-state index in [1.165, 1.54) is 18.2 Å². The number of pyridine rings is 1. The first-order valence-electron chi connectivity index (χ1n) is 13.1. The lowest BCUT2D eigenvalue weighted by Crippen LogP contribution is -2.28. The number of unbranched alkanes of at least 4 members (excludes halogenated alkanes) is 1. The number of aryl methyl sites for hydroxylation is 1. The number of phosphoric ester groups is 1. The highest BCUT2D eigenvalue weighted by Gasteiger charge is 2.22. The summed E-state index contributed by atoms with van der Waals surface area (Å²) in [6, 6.07) is 9.88. The minimum Gasteiger partial charge on any atom is -0.508 e. The molecule has 1 amide bonds. The number of amides is 1. The highest BCUT2D eigenvalue weighted by Crippen LogP contribution is 2.41. The zero-order valence-corrected chi connectivity index (χ0v) is 24.2. The maximum absolute atomic E-state index is 11.6. The third-order valence-electron chi connectivity index (χ3n) is 6.42. The van der Waals surface area contributed by atoms with Crippen molar-refractivity contribution in [2.75, 3.05) is 31.4 Å². The van der Waals surface area contributed by atoms with Gasteiger partial charge >= 0.3 is 7.82 Å². The summed E-state index contributed by atoms with van der Waals surface area (Å²) in [7, 11) is -4.84. The number of hydrogen-bond donors (Lipinski definition) is 5. The molecule has 0 saturated carbocycles. The second-order valence-corrected chi connectivity index (χ2v) is 10.9. The molecule has 2 aromatic heterocycles. The van der Waals surface area contributed by atoms with Crippen LogP contribution in [0.15, 0.2) is 36.4 Å². The number of halogens is 1. The number of hydrogen-bond acceptors (Lipinski definition) is 8. The SMILES string of the molecule is CCCCc1nc2c(N)nc3cc(CCOCCNC(=O)CCl)ccc3c2n1Cc1cc(O)ccc1OP(=O)(O)O. The minimum atomic E-state index is -4.84. The molecule has 0 spiro atoms. The number of nitrogens with two attached hydrogens (primary N) is 1. The van der Waals surface area contributed by atoms with Crippen LogP contribution in [0.5, 0.6) is 11.5 Å². The van der Waals surface area contributed by atoms with E-state index in [1.54, 1.807) is 0 Å². The van der Waals surface area contributed by atoms with Gasteiger partial charge in [0.1, 0.15) is 28.7 Å². The van der Waals surface area contributed by atoms with Crippen molar-refractivity contribution in [3.8, 4) is 11.5 Å². The maximum atomic E-state index is 11.6. The van der Waals surface area contributed by atoms with Gasteiger partial charge in [0.25, 0.3) is 0 Å². The Kier molecular flexibility index (Phi) is 10.1. The number of phenols is 1. The normalized spacial score (nSPS) is 11.8. The molecule has 2 heterocycles. The monoisotopic (exact) mass is 605 g/mol. The molecule has 0 fully saturated rings. The van der Waals surface area contributed by atoms with Crippen LogP contribution in [0.4, 0.5) is 5.82 Å².